The second-order valence-electron chi connectivity index (χ2n) is 5.91. The Kier molecular flexibility index (Phi) is 5.15. The van der Waals surface area contributed by atoms with E-state index in [1.165, 1.54) is 0 Å². The Hall–Kier alpha value is -2.25. The van der Waals surface area contributed by atoms with Crippen molar-refractivity contribution >= 4 is 22.1 Å². The summed E-state index contributed by atoms with van der Waals surface area (Å²) in [4.78, 5) is 0.499. The van der Waals surface area contributed by atoms with E-state index in [9.17, 15) is 8.42 Å². The first-order valence-electron chi connectivity index (χ1n) is 7.83. The first-order valence-corrected chi connectivity index (χ1v) is 9.89. The standard InChI is InChI=1S/C18H18N2O3S2/c1-13-7-9-14(10-8-13)15(11-17-19-20-18(24)23-17)12-25(21,22)16-5-3-2-4-6-16/h2-10,15H,11-12H2,1H3,(H,20,24). The Bertz CT molecular complexity index is 991. The molecular formula is C18H18N2O3S2. The van der Waals surface area contributed by atoms with E-state index in [4.69, 9.17) is 16.6 Å². The minimum absolute atomic E-state index is 0.0325. The Morgan fingerprint density at radius 2 is 1.80 bits per heavy atom. The van der Waals surface area contributed by atoms with E-state index in [2.05, 4.69) is 10.2 Å². The molecule has 1 N–H and O–H groups in total. The zero-order chi connectivity index (χ0) is 17.9. The third-order valence-corrected chi connectivity index (χ3v) is 5.98. The van der Waals surface area contributed by atoms with Crippen LogP contribution >= 0.6 is 12.2 Å². The van der Waals surface area contributed by atoms with E-state index in [0.717, 1.165) is 11.1 Å². The molecular weight excluding hydrogens is 356 g/mol. The lowest BCUT2D eigenvalue weighted by molar-refractivity contribution is 0.465. The summed E-state index contributed by atoms with van der Waals surface area (Å²) in [5, 5.41) is 6.59. The van der Waals surface area contributed by atoms with E-state index in [0.29, 0.717) is 17.2 Å². The van der Waals surface area contributed by atoms with Crippen LogP contribution in [-0.4, -0.2) is 24.4 Å². The number of aromatic amines is 1. The van der Waals surface area contributed by atoms with Crippen LogP contribution in [0.1, 0.15) is 22.9 Å². The molecule has 1 heterocycles. The van der Waals surface area contributed by atoms with Gasteiger partial charge in [-0.05, 0) is 36.8 Å². The number of sulfone groups is 1. The highest BCUT2D eigenvalue weighted by molar-refractivity contribution is 7.91. The quantitative estimate of drug-likeness (QED) is 0.664. The second-order valence-corrected chi connectivity index (χ2v) is 8.32. The van der Waals surface area contributed by atoms with Crippen molar-refractivity contribution in [1.82, 2.24) is 10.2 Å². The van der Waals surface area contributed by atoms with E-state index < -0.39 is 9.84 Å². The summed E-state index contributed by atoms with van der Waals surface area (Å²) in [6.45, 7) is 1.99. The SMILES string of the molecule is Cc1ccc(C(Cc2n[nH]c(=S)o2)CS(=O)(=O)c2ccccc2)cc1. The Labute approximate surface area is 151 Å². The van der Waals surface area contributed by atoms with Crippen LogP contribution in [0.2, 0.25) is 0 Å². The molecule has 5 nitrogen and oxygen atoms in total. The molecule has 0 saturated heterocycles. The average molecular weight is 374 g/mol. The molecule has 3 aromatic rings. The normalized spacial score (nSPS) is 12.8. The van der Waals surface area contributed by atoms with Crippen molar-refractivity contribution in [1.29, 1.82) is 0 Å². The van der Waals surface area contributed by atoms with Crippen molar-refractivity contribution in [3.8, 4) is 0 Å². The maximum Gasteiger partial charge on any atom is 0.284 e. The predicted octanol–water partition coefficient (Wildman–Crippen LogP) is 3.84. The molecule has 1 aromatic heterocycles. The molecule has 130 valence electrons. The van der Waals surface area contributed by atoms with Gasteiger partial charge in [-0.2, -0.15) is 0 Å². The number of benzene rings is 2. The maximum absolute atomic E-state index is 12.8. The molecule has 1 unspecified atom stereocenters. The molecule has 0 aliphatic heterocycles. The minimum Gasteiger partial charge on any atom is -0.414 e. The van der Waals surface area contributed by atoms with Crippen LogP contribution in [0.25, 0.3) is 0 Å². The van der Waals surface area contributed by atoms with Gasteiger partial charge in [0.05, 0.1) is 10.6 Å². The maximum atomic E-state index is 12.8. The molecule has 3 rings (SSSR count). The predicted molar refractivity (Wildman–Crippen MR) is 97.8 cm³/mol. The van der Waals surface area contributed by atoms with Gasteiger partial charge in [0.2, 0.25) is 5.89 Å². The van der Waals surface area contributed by atoms with Gasteiger partial charge >= 0.3 is 0 Å². The molecule has 0 aliphatic carbocycles. The molecule has 0 saturated carbocycles. The van der Waals surface area contributed by atoms with Crippen molar-refractivity contribution < 1.29 is 12.8 Å². The topological polar surface area (TPSA) is 76.0 Å². The smallest absolute Gasteiger partial charge is 0.284 e. The summed E-state index contributed by atoms with van der Waals surface area (Å²) in [5.74, 6) is 0.0842. The summed E-state index contributed by atoms with van der Waals surface area (Å²) < 4.78 is 30.9. The summed E-state index contributed by atoms with van der Waals surface area (Å²) >= 11 is 4.90. The lowest BCUT2D eigenvalue weighted by Gasteiger charge is -2.16. The van der Waals surface area contributed by atoms with Gasteiger partial charge in [-0.3, -0.25) is 0 Å². The molecule has 25 heavy (non-hydrogen) atoms. The molecule has 0 amide bonds. The lowest BCUT2D eigenvalue weighted by atomic mass is 9.97. The fourth-order valence-electron chi connectivity index (χ4n) is 2.66. The van der Waals surface area contributed by atoms with Gasteiger partial charge < -0.3 is 4.42 Å². The van der Waals surface area contributed by atoms with E-state index in [1.807, 2.05) is 31.2 Å². The van der Waals surface area contributed by atoms with Gasteiger partial charge in [0, 0.05) is 12.3 Å². The number of H-pyrrole nitrogens is 1. The van der Waals surface area contributed by atoms with Gasteiger partial charge in [0.15, 0.2) is 9.84 Å². The van der Waals surface area contributed by atoms with E-state index in [-0.39, 0.29) is 16.5 Å². The van der Waals surface area contributed by atoms with Crippen LogP contribution < -0.4 is 0 Å². The monoisotopic (exact) mass is 374 g/mol. The van der Waals surface area contributed by atoms with Crippen LogP contribution in [-0.2, 0) is 16.3 Å². The van der Waals surface area contributed by atoms with Gasteiger partial charge in [0.1, 0.15) is 0 Å². The Morgan fingerprint density at radius 3 is 2.40 bits per heavy atom. The van der Waals surface area contributed by atoms with Gasteiger partial charge in [-0.25, -0.2) is 13.5 Å². The van der Waals surface area contributed by atoms with Gasteiger partial charge in [-0.15, -0.1) is 5.10 Å². The third kappa shape index (κ3) is 4.43. The summed E-state index contributed by atoms with van der Waals surface area (Å²) in [7, 11) is -3.44. The van der Waals surface area contributed by atoms with E-state index in [1.54, 1.807) is 30.3 Å². The second kappa shape index (κ2) is 7.33. The Balaban J connectivity index is 1.93. The molecule has 0 fully saturated rings. The number of aryl methyl sites for hydroxylation is 1. The molecule has 0 aliphatic rings. The summed E-state index contributed by atoms with van der Waals surface area (Å²) in [6, 6.07) is 16.3. The fraction of sp³-hybridized carbons (Fsp3) is 0.222. The number of nitrogens with zero attached hydrogens (tertiary/aromatic N) is 1. The van der Waals surface area contributed by atoms with Crippen molar-refractivity contribution in [3.63, 3.8) is 0 Å². The lowest BCUT2D eigenvalue weighted by Crippen LogP contribution is -2.17. The molecule has 0 radical (unpaired) electrons. The fourth-order valence-corrected chi connectivity index (χ4v) is 4.41. The number of aromatic nitrogens is 2. The zero-order valence-electron chi connectivity index (χ0n) is 13.7. The van der Waals surface area contributed by atoms with E-state index >= 15 is 0 Å². The molecule has 7 heteroatoms. The first kappa shape index (κ1) is 17.6. The Morgan fingerprint density at radius 1 is 1.12 bits per heavy atom. The third-order valence-electron chi connectivity index (χ3n) is 3.98. The molecule has 0 bridgehead atoms. The highest BCUT2D eigenvalue weighted by Crippen LogP contribution is 2.25. The van der Waals surface area contributed by atoms with Crippen LogP contribution in [0.5, 0.6) is 0 Å². The zero-order valence-corrected chi connectivity index (χ0v) is 15.3. The molecule has 0 spiro atoms. The van der Waals surface area contributed by atoms with Crippen molar-refractivity contribution in [2.45, 2.75) is 24.2 Å². The van der Waals surface area contributed by atoms with Gasteiger partial charge in [-0.1, -0.05) is 48.0 Å². The minimum atomic E-state index is -3.44. The summed E-state index contributed by atoms with van der Waals surface area (Å²) in [5.41, 5.74) is 2.04. The van der Waals surface area contributed by atoms with Crippen molar-refractivity contribution in [2.24, 2.45) is 0 Å². The van der Waals surface area contributed by atoms with Crippen molar-refractivity contribution in [3.05, 3.63) is 76.5 Å². The van der Waals surface area contributed by atoms with Crippen LogP contribution in [0.15, 0.2) is 63.9 Å². The van der Waals surface area contributed by atoms with Crippen molar-refractivity contribution in [2.75, 3.05) is 5.75 Å². The first-order chi connectivity index (χ1) is 11.9. The number of hydrogen-bond acceptors (Lipinski definition) is 5. The van der Waals surface area contributed by atoms with Crippen LogP contribution in [0, 0.1) is 11.8 Å². The average Bonchev–Trinajstić information content (AvgIpc) is 3.00. The highest BCUT2D eigenvalue weighted by Gasteiger charge is 2.24. The number of nitrogens with one attached hydrogen (secondary N) is 1. The molecule has 2 aromatic carbocycles. The summed E-state index contributed by atoms with van der Waals surface area (Å²) in [6.07, 6.45) is 0.349. The van der Waals surface area contributed by atoms with Crippen LogP contribution in [0.4, 0.5) is 0 Å². The number of rotatable bonds is 6. The molecule has 1 atom stereocenters. The highest BCUT2D eigenvalue weighted by atomic mass is 32.2. The van der Waals surface area contributed by atoms with Crippen LogP contribution in [0.3, 0.4) is 0 Å². The number of hydrogen-bond donors (Lipinski definition) is 1. The largest absolute Gasteiger partial charge is 0.414 e. The van der Waals surface area contributed by atoms with Gasteiger partial charge in [0.25, 0.3) is 4.84 Å².